The minimum Gasteiger partial charge on any atom is -0.399 e. The van der Waals surface area contributed by atoms with Gasteiger partial charge in [0.05, 0.1) is 10.7 Å². The number of rotatable bonds is 8. The van der Waals surface area contributed by atoms with Crippen LogP contribution in [0.2, 0.25) is 5.02 Å². The second-order valence-corrected chi connectivity index (χ2v) is 5.59. The minimum absolute atomic E-state index is 0.0656. The third kappa shape index (κ3) is 6.78. The summed E-state index contributed by atoms with van der Waals surface area (Å²) in [4.78, 5) is 11.7. The Labute approximate surface area is 125 Å². The normalized spacial score (nSPS) is 10.8. The average Bonchev–Trinajstić information content (AvgIpc) is 2.36. The van der Waals surface area contributed by atoms with E-state index in [1.807, 2.05) is 0 Å². The fraction of sp³-hybridized carbons (Fsp3) is 0.533. The Morgan fingerprint density at radius 1 is 1.40 bits per heavy atom. The van der Waals surface area contributed by atoms with E-state index in [1.54, 1.807) is 18.2 Å². The molecule has 0 saturated heterocycles. The predicted octanol–water partition coefficient (Wildman–Crippen LogP) is 3.70. The van der Waals surface area contributed by atoms with Crippen molar-refractivity contribution in [2.45, 2.75) is 33.1 Å². The summed E-state index contributed by atoms with van der Waals surface area (Å²) in [5.74, 6) is 0.579. The summed E-state index contributed by atoms with van der Waals surface area (Å²) < 4.78 is 5.46. The van der Waals surface area contributed by atoms with E-state index in [-0.39, 0.29) is 5.91 Å². The van der Waals surface area contributed by atoms with Gasteiger partial charge < -0.3 is 15.8 Å². The lowest BCUT2D eigenvalue weighted by Gasteiger charge is -2.08. The van der Waals surface area contributed by atoms with Gasteiger partial charge in [-0.1, -0.05) is 25.4 Å². The molecule has 0 aliphatic heterocycles. The molecular formula is C15H23ClN2O2. The summed E-state index contributed by atoms with van der Waals surface area (Å²) in [6.07, 6.45) is 2.17. The lowest BCUT2D eigenvalue weighted by atomic mass is 10.1. The van der Waals surface area contributed by atoms with Crippen LogP contribution in [0, 0.1) is 5.92 Å². The molecule has 0 spiro atoms. The number of carbonyl (C=O) groups excluding carboxylic acids is 1. The molecule has 0 aliphatic carbocycles. The largest absolute Gasteiger partial charge is 0.399 e. The quantitative estimate of drug-likeness (QED) is 0.568. The number of halogens is 1. The van der Waals surface area contributed by atoms with Crippen LogP contribution in [0.5, 0.6) is 0 Å². The van der Waals surface area contributed by atoms with Crippen molar-refractivity contribution < 1.29 is 9.53 Å². The van der Waals surface area contributed by atoms with E-state index in [0.29, 0.717) is 41.8 Å². The van der Waals surface area contributed by atoms with E-state index in [0.717, 1.165) is 13.0 Å². The molecule has 0 radical (unpaired) electrons. The van der Waals surface area contributed by atoms with Crippen LogP contribution in [-0.4, -0.2) is 19.1 Å². The van der Waals surface area contributed by atoms with E-state index in [2.05, 4.69) is 19.2 Å². The number of benzene rings is 1. The topological polar surface area (TPSA) is 64.3 Å². The number of nitrogens with two attached hydrogens (primary N) is 1. The summed E-state index contributed by atoms with van der Waals surface area (Å²) in [7, 11) is 0. The maximum Gasteiger partial charge on any atom is 0.224 e. The van der Waals surface area contributed by atoms with Gasteiger partial charge in [-0.2, -0.15) is 0 Å². The van der Waals surface area contributed by atoms with Crippen molar-refractivity contribution in [3.63, 3.8) is 0 Å². The molecule has 1 aromatic rings. The number of amides is 1. The number of ether oxygens (including phenoxy) is 1. The van der Waals surface area contributed by atoms with Gasteiger partial charge in [-0.3, -0.25) is 4.79 Å². The third-order valence-corrected chi connectivity index (χ3v) is 3.11. The third-order valence-electron chi connectivity index (χ3n) is 2.80. The van der Waals surface area contributed by atoms with Crippen molar-refractivity contribution in [2.75, 3.05) is 24.3 Å². The van der Waals surface area contributed by atoms with Gasteiger partial charge >= 0.3 is 0 Å². The standard InChI is InChI=1S/C15H23ClN2O2/c1-11(2)7-9-20-8-3-4-15(19)18-14-6-5-12(17)10-13(14)16/h5-6,10-11H,3-4,7-9,17H2,1-2H3,(H,18,19). The van der Waals surface area contributed by atoms with Crippen molar-refractivity contribution >= 4 is 28.9 Å². The summed E-state index contributed by atoms with van der Waals surface area (Å²) >= 11 is 5.99. The molecule has 0 bridgehead atoms. The van der Waals surface area contributed by atoms with Crippen molar-refractivity contribution in [3.8, 4) is 0 Å². The summed E-state index contributed by atoms with van der Waals surface area (Å²) in [6.45, 7) is 5.68. The van der Waals surface area contributed by atoms with Crippen LogP contribution in [0.3, 0.4) is 0 Å². The van der Waals surface area contributed by atoms with E-state index in [4.69, 9.17) is 22.1 Å². The van der Waals surface area contributed by atoms with Crippen LogP contribution in [0.1, 0.15) is 33.1 Å². The molecule has 0 aromatic heterocycles. The van der Waals surface area contributed by atoms with Crippen LogP contribution in [0.25, 0.3) is 0 Å². The van der Waals surface area contributed by atoms with Crippen molar-refractivity contribution in [1.29, 1.82) is 0 Å². The smallest absolute Gasteiger partial charge is 0.224 e. The molecule has 0 atom stereocenters. The van der Waals surface area contributed by atoms with Gasteiger partial charge in [0, 0.05) is 25.3 Å². The highest BCUT2D eigenvalue weighted by Gasteiger charge is 2.06. The molecule has 3 N–H and O–H groups in total. The van der Waals surface area contributed by atoms with Crippen molar-refractivity contribution in [2.24, 2.45) is 5.92 Å². The summed E-state index contributed by atoms with van der Waals surface area (Å²) in [5, 5.41) is 3.22. The lowest BCUT2D eigenvalue weighted by molar-refractivity contribution is -0.116. The SMILES string of the molecule is CC(C)CCOCCCC(=O)Nc1ccc(N)cc1Cl. The molecule has 0 aliphatic rings. The highest BCUT2D eigenvalue weighted by molar-refractivity contribution is 6.34. The first-order valence-corrected chi connectivity index (χ1v) is 7.29. The summed E-state index contributed by atoms with van der Waals surface area (Å²) in [6, 6.07) is 5.03. The maximum absolute atomic E-state index is 11.7. The first kappa shape index (κ1) is 16.8. The molecule has 1 amide bonds. The Morgan fingerprint density at radius 3 is 2.80 bits per heavy atom. The van der Waals surface area contributed by atoms with Gasteiger partial charge in [-0.25, -0.2) is 0 Å². The monoisotopic (exact) mass is 298 g/mol. The Bertz CT molecular complexity index is 436. The minimum atomic E-state index is -0.0656. The molecule has 4 nitrogen and oxygen atoms in total. The lowest BCUT2D eigenvalue weighted by Crippen LogP contribution is -2.13. The fourth-order valence-electron chi connectivity index (χ4n) is 1.60. The average molecular weight is 299 g/mol. The number of nitrogens with one attached hydrogen (secondary N) is 1. The Hall–Kier alpha value is -1.26. The van der Waals surface area contributed by atoms with E-state index in [9.17, 15) is 4.79 Å². The first-order valence-electron chi connectivity index (χ1n) is 6.91. The molecule has 0 fully saturated rings. The zero-order valence-corrected chi connectivity index (χ0v) is 12.9. The summed E-state index contributed by atoms with van der Waals surface area (Å²) in [5.41, 5.74) is 6.76. The zero-order valence-electron chi connectivity index (χ0n) is 12.1. The number of carbonyl (C=O) groups is 1. The van der Waals surface area contributed by atoms with E-state index in [1.165, 1.54) is 0 Å². The molecule has 1 rings (SSSR count). The molecule has 0 unspecified atom stereocenters. The second-order valence-electron chi connectivity index (χ2n) is 5.19. The van der Waals surface area contributed by atoms with Crippen LogP contribution in [0.4, 0.5) is 11.4 Å². The molecule has 20 heavy (non-hydrogen) atoms. The molecule has 0 heterocycles. The number of hydrogen-bond acceptors (Lipinski definition) is 3. The number of hydrogen-bond donors (Lipinski definition) is 2. The van der Waals surface area contributed by atoms with Crippen molar-refractivity contribution in [3.05, 3.63) is 23.2 Å². The molecule has 5 heteroatoms. The highest BCUT2D eigenvalue weighted by Crippen LogP contribution is 2.24. The zero-order chi connectivity index (χ0) is 15.0. The van der Waals surface area contributed by atoms with Gasteiger partial charge in [0.2, 0.25) is 5.91 Å². The number of nitrogen functional groups attached to an aromatic ring is 1. The molecule has 112 valence electrons. The van der Waals surface area contributed by atoms with Gasteiger partial charge in [-0.05, 0) is 37.0 Å². The van der Waals surface area contributed by atoms with Gasteiger partial charge in [0.1, 0.15) is 0 Å². The van der Waals surface area contributed by atoms with Gasteiger partial charge in [-0.15, -0.1) is 0 Å². The van der Waals surface area contributed by atoms with E-state index < -0.39 is 0 Å². The fourth-order valence-corrected chi connectivity index (χ4v) is 1.84. The highest BCUT2D eigenvalue weighted by atomic mass is 35.5. The molecular weight excluding hydrogens is 276 g/mol. The van der Waals surface area contributed by atoms with Crippen molar-refractivity contribution in [1.82, 2.24) is 0 Å². The van der Waals surface area contributed by atoms with Crippen LogP contribution >= 0.6 is 11.6 Å². The Kier molecular flexibility index (Phi) is 7.41. The van der Waals surface area contributed by atoms with Crippen LogP contribution in [-0.2, 0) is 9.53 Å². The van der Waals surface area contributed by atoms with Crippen LogP contribution < -0.4 is 11.1 Å². The Morgan fingerprint density at radius 2 is 2.15 bits per heavy atom. The van der Waals surface area contributed by atoms with Gasteiger partial charge in [0.15, 0.2) is 0 Å². The van der Waals surface area contributed by atoms with Gasteiger partial charge in [0.25, 0.3) is 0 Å². The van der Waals surface area contributed by atoms with Crippen LogP contribution in [0.15, 0.2) is 18.2 Å². The second kappa shape index (κ2) is 8.82. The maximum atomic E-state index is 11.7. The first-order chi connectivity index (χ1) is 9.49. The Balaban J connectivity index is 2.20. The predicted molar refractivity (Wildman–Crippen MR) is 84.0 cm³/mol. The van der Waals surface area contributed by atoms with E-state index >= 15 is 0 Å². The number of anilines is 2. The molecule has 1 aromatic carbocycles. The molecule has 0 saturated carbocycles.